The normalized spacial score (nSPS) is 14.1. The number of esters is 4. The molecule has 2 unspecified atom stereocenters. The molecule has 0 saturated heterocycles. The SMILES string of the molecule is CCCCCC/C=C\C=C/CCCCCCCC(=O)O[C@H](COC(=O)CCCCCCCCCCCCCCCC)COP(=O)(O)OC[C@@H](O)COP(=O)(O)OC[C@@H](COC(=O)CCCCCCCCCCCCC)OC(=O)CCCCCCCCCCCCC. The van der Waals surface area contributed by atoms with E-state index < -0.39 is 97.5 Å². The zero-order valence-electron chi connectivity index (χ0n) is 58.3. The predicted octanol–water partition coefficient (Wildman–Crippen LogP) is 20.6. The van der Waals surface area contributed by atoms with Crippen LogP contribution >= 0.6 is 15.6 Å². The van der Waals surface area contributed by atoms with Crippen LogP contribution in [0.4, 0.5) is 0 Å². The van der Waals surface area contributed by atoms with Crippen molar-refractivity contribution in [3.05, 3.63) is 24.3 Å². The minimum atomic E-state index is -4.96. The van der Waals surface area contributed by atoms with Crippen LogP contribution in [0.2, 0.25) is 0 Å². The van der Waals surface area contributed by atoms with Gasteiger partial charge >= 0.3 is 39.5 Å². The van der Waals surface area contributed by atoms with E-state index >= 15 is 0 Å². The van der Waals surface area contributed by atoms with Crippen molar-refractivity contribution < 1.29 is 80.2 Å². The molecule has 0 saturated carbocycles. The average Bonchev–Trinajstić information content (AvgIpc) is 3.73. The number of carbonyl (C=O) groups is 4. The minimum Gasteiger partial charge on any atom is -0.462 e. The van der Waals surface area contributed by atoms with Gasteiger partial charge in [-0.15, -0.1) is 0 Å². The van der Waals surface area contributed by atoms with E-state index in [1.165, 1.54) is 173 Å². The number of aliphatic hydroxyl groups excluding tert-OH is 1. The first-order valence-corrected chi connectivity index (χ1v) is 40.1. The Morgan fingerprint density at radius 2 is 0.527 bits per heavy atom. The maximum Gasteiger partial charge on any atom is 0.472 e. The Hall–Kier alpha value is -2.46. The quantitative estimate of drug-likeness (QED) is 0.0169. The lowest BCUT2D eigenvalue weighted by Gasteiger charge is -2.21. The fourth-order valence-electron chi connectivity index (χ4n) is 10.5. The summed E-state index contributed by atoms with van der Waals surface area (Å²) < 4.78 is 68.3. The Morgan fingerprint density at radius 3 is 0.802 bits per heavy atom. The molecule has 3 N–H and O–H groups in total. The number of aliphatic hydroxyl groups is 1. The zero-order chi connectivity index (χ0) is 66.8. The van der Waals surface area contributed by atoms with E-state index in [9.17, 15) is 43.2 Å². The molecular formula is C72H136O17P2. The molecule has 0 aromatic rings. The van der Waals surface area contributed by atoms with Crippen molar-refractivity contribution in [2.45, 2.75) is 373 Å². The fraction of sp³-hybridized carbons (Fsp3) is 0.889. The van der Waals surface area contributed by atoms with Crippen LogP contribution in [0.5, 0.6) is 0 Å². The molecular weight excluding hydrogens is 1200 g/mol. The molecule has 0 aliphatic rings. The van der Waals surface area contributed by atoms with Gasteiger partial charge in [0.05, 0.1) is 26.4 Å². The number of ether oxygens (including phenoxy) is 4. The molecule has 0 bridgehead atoms. The predicted molar refractivity (Wildman–Crippen MR) is 368 cm³/mol. The molecule has 5 atom stereocenters. The summed E-state index contributed by atoms with van der Waals surface area (Å²) in [6.45, 7) is 4.89. The highest BCUT2D eigenvalue weighted by molar-refractivity contribution is 7.47. The van der Waals surface area contributed by atoms with Crippen molar-refractivity contribution >= 4 is 39.5 Å². The summed E-state index contributed by atoms with van der Waals surface area (Å²) in [6.07, 6.45) is 57.5. The van der Waals surface area contributed by atoms with Crippen LogP contribution < -0.4 is 0 Å². The Balaban J connectivity index is 5.28. The van der Waals surface area contributed by atoms with Gasteiger partial charge in [0.25, 0.3) is 0 Å². The van der Waals surface area contributed by atoms with E-state index in [2.05, 4.69) is 52.0 Å². The number of carbonyl (C=O) groups excluding carboxylic acids is 4. The van der Waals surface area contributed by atoms with Crippen LogP contribution in [0.25, 0.3) is 0 Å². The van der Waals surface area contributed by atoms with Gasteiger partial charge in [0.2, 0.25) is 0 Å². The fourth-order valence-corrected chi connectivity index (χ4v) is 12.1. The Bertz CT molecular complexity index is 1830. The molecule has 17 nitrogen and oxygen atoms in total. The highest BCUT2D eigenvalue weighted by atomic mass is 31.2. The molecule has 91 heavy (non-hydrogen) atoms. The third-order valence-electron chi connectivity index (χ3n) is 16.2. The number of allylic oxidation sites excluding steroid dienone is 4. The first-order valence-electron chi connectivity index (χ1n) is 37.1. The van der Waals surface area contributed by atoms with E-state index in [4.69, 9.17) is 37.0 Å². The van der Waals surface area contributed by atoms with Gasteiger partial charge in [-0.2, -0.15) is 0 Å². The molecule has 0 aliphatic carbocycles. The summed E-state index contributed by atoms with van der Waals surface area (Å²) in [5.74, 6) is -2.15. The highest BCUT2D eigenvalue weighted by Crippen LogP contribution is 2.45. The summed E-state index contributed by atoms with van der Waals surface area (Å²) in [6, 6.07) is 0. The van der Waals surface area contributed by atoms with Crippen molar-refractivity contribution in [1.29, 1.82) is 0 Å². The molecule has 0 rings (SSSR count). The average molecular weight is 1340 g/mol. The van der Waals surface area contributed by atoms with E-state index in [1.54, 1.807) is 0 Å². The van der Waals surface area contributed by atoms with Gasteiger partial charge in [-0.3, -0.25) is 37.3 Å². The molecule has 19 heteroatoms. The largest absolute Gasteiger partial charge is 0.472 e. The molecule has 536 valence electrons. The van der Waals surface area contributed by atoms with Crippen molar-refractivity contribution in [3.63, 3.8) is 0 Å². The molecule has 0 aromatic carbocycles. The van der Waals surface area contributed by atoms with E-state index in [-0.39, 0.29) is 25.7 Å². The van der Waals surface area contributed by atoms with Gasteiger partial charge in [-0.05, 0) is 51.4 Å². The number of rotatable bonds is 71. The summed E-state index contributed by atoms with van der Waals surface area (Å²) in [7, 11) is -9.91. The third-order valence-corrected chi connectivity index (χ3v) is 18.1. The van der Waals surface area contributed by atoms with Gasteiger partial charge in [0.15, 0.2) is 12.2 Å². The maximum absolute atomic E-state index is 13.0. The van der Waals surface area contributed by atoms with E-state index in [0.717, 1.165) is 103 Å². The third kappa shape index (κ3) is 66.0. The monoisotopic (exact) mass is 1330 g/mol. The smallest absolute Gasteiger partial charge is 0.462 e. The number of hydrogen-bond acceptors (Lipinski definition) is 15. The maximum atomic E-state index is 13.0. The van der Waals surface area contributed by atoms with Gasteiger partial charge < -0.3 is 33.8 Å². The number of phosphoric ester groups is 2. The van der Waals surface area contributed by atoms with E-state index in [0.29, 0.717) is 25.7 Å². The first-order chi connectivity index (χ1) is 44.2. The van der Waals surface area contributed by atoms with Crippen LogP contribution in [0.3, 0.4) is 0 Å². The lowest BCUT2D eigenvalue weighted by Crippen LogP contribution is -2.30. The van der Waals surface area contributed by atoms with Gasteiger partial charge in [0, 0.05) is 25.7 Å². The van der Waals surface area contributed by atoms with E-state index in [1.807, 2.05) is 0 Å². The van der Waals surface area contributed by atoms with Crippen molar-refractivity contribution in [2.24, 2.45) is 0 Å². The van der Waals surface area contributed by atoms with Crippen LogP contribution in [0.15, 0.2) is 24.3 Å². The van der Waals surface area contributed by atoms with Crippen LogP contribution in [-0.2, 0) is 65.4 Å². The molecule has 0 amide bonds. The summed E-state index contributed by atoms with van der Waals surface area (Å²) in [5.41, 5.74) is 0. The van der Waals surface area contributed by atoms with Crippen molar-refractivity contribution in [2.75, 3.05) is 39.6 Å². The van der Waals surface area contributed by atoms with Gasteiger partial charge in [0.1, 0.15) is 19.3 Å². The molecule has 0 radical (unpaired) electrons. The molecule has 0 spiro atoms. The number of phosphoric acid groups is 2. The minimum absolute atomic E-state index is 0.0859. The van der Waals surface area contributed by atoms with Crippen LogP contribution in [-0.4, -0.2) is 96.7 Å². The van der Waals surface area contributed by atoms with Crippen molar-refractivity contribution in [1.82, 2.24) is 0 Å². The first kappa shape index (κ1) is 88.5. The topological polar surface area (TPSA) is 237 Å². The number of hydrogen-bond donors (Lipinski definition) is 3. The van der Waals surface area contributed by atoms with Crippen molar-refractivity contribution in [3.8, 4) is 0 Å². The highest BCUT2D eigenvalue weighted by Gasteiger charge is 2.30. The Kier molecular flexibility index (Phi) is 64.4. The summed E-state index contributed by atoms with van der Waals surface area (Å²) in [5, 5.41) is 10.6. The molecule has 0 aliphatic heterocycles. The molecule has 0 fully saturated rings. The lowest BCUT2D eigenvalue weighted by atomic mass is 10.0. The standard InChI is InChI=1S/C72H136O17P2/c1-5-9-13-17-21-25-29-31-33-35-39-43-47-51-55-59-72(77)89-68(63-83-70(75)57-53-49-45-41-38-34-32-30-26-22-18-14-10-6-2)65-87-91(80,81)85-61-66(73)60-84-90(78,79)86-64-67(88-71(76)58-54-50-46-42-37-28-24-20-16-12-8-4)62-82-69(74)56-52-48-44-40-36-27-23-19-15-11-7-3/h25,29,31,33,66-68,73H,5-24,26-28,30,32,34-65H2,1-4H3,(H,78,79)(H,80,81)/b29-25-,33-31-/t66-,67+,68+/m0/s1. The summed E-state index contributed by atoms with van der Waals surface area (Å²) in [4.78, 5) is 72.6. The molecule has 0 aromatic heterocycles. The second kappa shape index (κ2) is 66.2. The lowest BCUT2D eigenvalue weighted by molar-refractivity contribution is -0.161. The number of unbranched alkanes of at least 4 members (excludes halogenated alkanes) is 42. The van der Waals surface area contributed by atoms with Gasteiger partial charge in [-0.25, -0.2) is 9.13 Å². The Morgan fingerprint density at radius 1 is 0.308 bits per heavy atom. The zero-order valence-corrected chi connectivity index (χ0v) is 60.1. The second-order valence-corrected chi connectivity index (χ2v) is 28.2. The second-order valence-electron chi connectivity index (χ2n) is 25.3. The molecule has 0 heterocycles. The van der Waals surface area contributed by atoms with Crippen LogP contribution in [0.1, 0.15) is 355 Å². The van der Waals surface area contributed by atoms with Gasteiger partial charge in [-0.1, -0.05) is 302 Å². The summed E-state index contributed by atoms with van der Waals surface area (Å²) >= 11 is 0. The van der Waals surface area contributed by atoms with Crippen LogP contribution in [0, 0.1) is 0 Å². The Labute approximate surface area is 554 Å².